The third-order valence-corrected chi connectivity index (χ3v) is 4.46. The van der Waals surface area contributed by atoms with Gasteiger partial charge < -0.3 is 10.1 Å². The average Bonchev–Trinajstić information content (AvgIpc) is 2.69. The Hall–Kier alpha value is -2.85. The Morgan fingerprint density at radius 3 is 2.37 bits per heavy atom. The molecule has 1 aromatic heterocycles. The van der Waals surface area contributed by atoms with Gasteiger partial charge in [0.15, 0.2) is 6.10 Å². The van der Waals surface area contributed by atoms with Gasteiger partial charge in [-0.3, -0.25) is 9.78 Å². The molecule has 1 N–H and O–H groups in total. The lowest BCUT2D eigenvalue weighted by molar-refractivity contribution is -0.122. The number of aromatic nitrogens is 1. The highest BCUT2D eigenvalue weighted by Crippen LogP contribution is 2.25. The number of ether oxygens (including phenoxy) is 1. The van der Waals surface area contributed by atoms with Crippen molar-refractivity contribution >= 4 is 23.2 Å². The molecule has 0 saturated carbocycles. The van der Waals surface area contributed by atoms with E-state index in [9.17, 15) is 4.79 Å². The first-order valence-corrected chi connectivity index (χ1v) is 9.23. The quantitative estimate of drug-likeness (QED) is 0.618. The van der Waals surface area contributed by atoms with E-state index in [2.05, 4.69) is 10.3 Å². The molecule has 0 radical (unpaired) electrons. The number of nitrogens with zero attached hydrogens (tertiary/aromatic N) is 1. The Balaban J connectivity index is 1.61. The maximum Gasteiger partial charge on any atom is 0.265 e. The highest BCUT2D eigenvalue weighted by molar-refractivity contribution is 6.32. The van der Waals surface area contributed by atoms with Gasteiger partial charge in [0, 0.05) is 18.1 Å². The van der Waals surface area contributed by atoms with Crippen molar-refractivity contribution < 1.29 is 9.53 Å². The summed E-state index contributed by atoms with van der Waals surface area (Å²) in [6.07, 6.45) is 4.32. The van der Waals surface area contributed by atoms with Crippen LogP contribution in [0.25, 0.3) is 0 Å². The second-order valence-electron chi connectivity index (χ2n) is 6.16. The maximum absolute atomic E-state index is 12.5. The van der Waals surface area contributed by atoms with Gasteiger partial charge in [-0.15, -0.1) is 0 Å². The smallest absolute Gasteiger partial charge is 0.265 e. The molecule has 2 aromatic carbocycles. The number of hydrogen-bond donors (Lipinski definition) is 1. The van der Waals surface area contributed by atoms with Crippen molar-refractivity contribution in [3.05, 3.63) is 89.2 Å². The molecule has 27 heavy (non-hydrogen) atoms. The van der Waals surface area contributed by atoms with Crippen LogP contribution >= 0.6 is 11.6 Å². The van der Waals surface area contributed by atoms with Crippen LogP contribution in [0.4, 0.5) is 5.69 Å². The third kappa shape index (κ3) is 5.31. The van der Waals surface area contributed by atoms with E-state index in [0.717, 1.165) is 12.1 Å². The van der Waals surface area contributed by atoms with E-state index in [1.54, 1.807) is 24.5 Å². The van der Waals surface area contributed by atoms with E-state index in [1.807, 2.05) is 55.5 Å². The van der Waals surface area contributed by atoms with Crippen molar-refractivity contribution in [1.82, 2.24) is 4.98 Å². The van der Waals surface area contributed by atoms with Gasteiger partial charge in [0.25, 0.3) is 5.91 Å². The standard InChI is InChI=1S/C22H21ClN2O2/c1-2-20(27-21-6-4-3-5-19(21)23)22(26)25-18-9-7-16(8-10-18)15-17-11-13-24-14-12-17/h3-14,20H,2,15H2,1H3,(H,25,26). The van der Waals surface area contributed by atoms with Gasteiger partial charge in [0.2, 0.25) is 0 Å². The zero-order chi connectivity index (χ0) is 19.1. The molecule has 0 spiro atoms. The second kappa shape index (κ2) is 9.19. The molecule has 0 saturated heterocycles. The van der Waals surface area contributed by atoms with Gasteiger partial charge in [0.05, 0.1) is 5.02 Å². The summed E-state index contributed by atoms with van der Waals surface area (Å²) >= 11 is 6.11. The predicted molar refractivity (Wildman–Crippen MR) is 108 cm³/mol. The maximum atomic E-state index is 12.5. The van der Waals surface area contributed by atoms with Crippen molar-refractivity contribution in [2.24, 2.45) is 0 Å². The van der Waals surface area contributed by atoms with Crippen molar-refractivity contribution in [3.8, 4) is 5.75 Å². The molecule has 3 aromatic rings. The minimum absolute atomic E-state index is 0.195. The number of pyridine rings is 1. The van der Waals surface area contributed by atoms with Crippen LogP contribution in [0.1, 0.15) is 24.5 Å². The Labute approximate surface area is 164 Å². The summed E-state index contributed by atoms with van der Waals surface area (Å²) in [5.74, 6) is 0.313. The minimum Gasteiger partial charge on any atom is -0.479 e. The number of anilines is 1. The number of para-hydroxylation sites is 1. The summed E-state index contributed by atoms with van der Waals surface area (Å²) in [7, 11) is 0. The second-order valence-corrected chi connectivity index (χ2v) is 6.57. The van der Waals surface area contributed by atoms with Gasteiger partial charge in [0.1, 0.15) is 5.75 Å². The van der Waals surface area contributed by atoms with Gasteiger partial charge in [-0.1, -0.05) is 42.8 Å². The number of amides is 1. The van der Waals surface area contributed by atoms with Crippen LogP contribution in [0, 0.1) is 0 Å². The first-order valence-electron chi connectivity index (χ1n) is 8.85. The molecule has 138 valence electrons. The monoisotopic (exact) mass is 380 g/mol. The van der Waals surface area contributed by atoms with Gasteiger partial charge >= 0.3 is 0 Å². The molecule has 0 aliphatic heterocycles. The first-order chi connectivity index (χ1) is 13.2. The van der Waals surface area contributed by atoms with Gasteiger partial charge in [-0.2, -0.15) is 0 Å². The van der Waals surface area contributed by atoms with Crippen LogP contribution in [-0.4, -0.2) is 17.0 Å². The molecule has 1 heterocycles. The molecule has 1 atom stereocenters. The summed E-state index contributed by atoms with van der Waals surface area (Å²) in [5.41, 5.74) is 3.10. The fourth-order valence-electron chi connectivity index (χ4n) is 2.68. The number of nitrogens with one attached hydrogen (secondary N) is 1. The molecule has 3 rings (SSSR count). The van der Waals surface area contributed by atoms with Crippen LogP contribution in [0.5, 0.6) is 5.75 Å². The van der Waals surface area contributed by atoms with Crippen LogP contribution < -0.4 is 10.1 Å². The molecule has 0 fully saturated rings. The van der Waals surface area contributed by atoms with Crippen molar-refractivity contribution in [2.45, 2.75) is 25.9 Å². The molecule has 1 unspecified atom stereocenters. The third-order valence-electron chi connectivity index (χ3n) is 4.15. The fourth-order valence-corrected chi connectivity index (χ4v) is 2.86. The molecule has 1 amide bonds. The lowest BCUT2D eigenvalue weighted by Gasteiger charge is -2.18. The minimum atomic E-state index is -0.610. The highest BCUT2D eigenvalue weighted by atomic mass is 35.5. The molecular formula is C22H21ClN2O2. The van der Waals surface area contributed by atoms with Crippen molar-refractivity contribution in [2.75, 3.05) is 5.32 Å². The number of benzene rings is 2. The Bertz CT molecular complexity index is 882. The molecular weight excluding hydrogens is 360 g/mol. The fraction of sp³-hybridized carbons (Fsp3) is 0.182. The summed E-state index contributed by atoms with van der Waals surface area (Å²) < 4.78 is 5.78. The normalized spacial score (nSPS) is 11.6. The Morgan fingerprint density at radius 2 is 1.70 bits per heavy atom. The van der Waals surface area contributed by atoms with E-state index in [-0.39, 0.29) is 5.91 Å². The van der Waals surface area contributed by atoms with E-state index in [4.69, 9.17) is 16.3 Å². The highest BCUT2D eigenvalue weighted by Gasteiger charge is 2.19. The Morgan fingerprint density at radius 1 is 1.04 bits per heavy atom. The lowest BCUT2D eigenvalue weighted by Crippen LogP contribution is -2.32. The average molecular weight is 381 g/mol. The zero-order valence-electron chi connectivity index (χ0n) is 15.1. The van der Waals surface area contributed by atoms with Crippen LogP contribution in [0.2, 0.25) is 5.02 Å². The number of carbonyl (C=O) groups is 1. The summed E-state index contributed by atoms with van der Waals surface area (Å²) in [6.45, 7) is 1.90. The molecule has 4 nitrogen and oxygen atoms in total. The van der Waals surface area contributed by atoms with Crippen molar-refractivity contribution in [3.63, 3.8) is 0 Å². The predicted octanol–water partition coefficient (Wildman–Crippen LogP) is 5.12. The number of hydrogen-bond acceptors (Lipinski definition) is 3. The largest absolute Gasteiger partial charge is 0.479 e. The molecule has 0 aliphatic rings. The van der Waals surface area contributed by atoms with Gasteiger partial charge in [-0.25, -0.2) is 0 Å². The van der Waals surface area contributed by atoms with Crippen LogP contribution in [-0.2, 0) is 11.2 Å². The summed E-state index contributed by atoms with van der Waals surface area (Å²) in [6, 6.07) is 18.9. The van der Waals surface area contributed by atoms with E-state index < -0.39 is 6.10 Å². The number of halogens is 1. The van der Waals surface area contributed by atoms with E-state index in [0.29, 0.717) is 17.2 Å². The topological polar surface area (TPSA) is 51.2 Å². The Kier molecular flexibility index (Phi) is 6.44. The number of rotatable bonds is 7. The van der Waals surface area contributed by atoms with Gasteiger partial charge in [-0.05, 0) is 60.4 Å². The first kappa shape index (κ1) is 18.9. The lowest BCUT2D eigenvalue weighted by atomic mass is 10.1. The van der Waals surface area contributed by atoms with E-state index in [1.165, 1.54) is 11.1 Å². The van der Waals surface area contributed by atoms with E-state index >= 15 is 0 Å². The zero-order valence-corrected chi connectivity index (χ0v) is 15.8. The molecule has 0 aliphatic carbocycles. The summed E-state index contributed by atoms with van der Waals surface area (Å²) in [4.78, 5) is 16.6. The molecule has 0 bridgehead atoms. The number of carbonyl (C=O) groups excluding carboxylic acids is 1. The SMILES string of the molecule is CCC(Oc1ccccc1Cl)C(=O)Nc1ccc(Cc2ccncc2)cc1. The van der Waals surface area contributed by atoms with Crippen molar-refractivity contribution in [1.29, 1.82) is 0 Å². The van der Waals surface area contributed by atoms with Crippen LogP contribution in [0.3, 0.4) is 0 Å². The molecule has 5 heteroatoms. The summed E-state index contributed by atoms with van der Waals surface area (Å²) in [5, 5.41) is 3.40. The van der Waals surface area contributed by atoms with Crippen LogP contribution in [0.15, 0.2) is 73.1 Å².